The number of rotatable bonds is 43. The maximum Gasteiger partial charge on any atom is 0.306 e. The standard InChI is InChI=1S/C51H95NO6/c1-46(2)44-56-49(53)40-35-31-27-23-19-15-11-7-9-13-17-21-25-29-33-38-48(58-51(55)42-37-43-52(5)6)39-34-30-26-22-18-14-10-8-12-16-20-24-28-32-36-41-50(54)57-45-47(3)4/h7-8,11-12,46-48H,9-10,13-45H2,1-6H3. The third-order valence-corrected chi connectivity index (χ3v) is 10.6. The van der Waals surface area contributed by atoms with E-state index in [1.807, 2.05) is 0 Å². The van der Waals surface area contributed by atoms with Crippen LogP contribution in [0.3, 0.4) is 0 Å². The summed E-state index contributed by atoms with van der Waals surface area (Å²) in [6, 6.07) is 0. The number of ether oxygens (including phenoxy) is 3. The molecule has 0 radical (unpaired) electrons. The second kappa shape index (κ2) is 43.0. The molecule has 0 spiro atoms. The normalized spacial score (nSPS) is 12.4. The van der Waals surface area contributed by atoms with Crippen molar-refractivity contribution in [1.82, 2.24) is 4.90 Å². The molecule has 0 N–H and O–H groups in total. The number of nitrogens with zero attached hydrogens (tertiary/aromatic N) is 1. The van der Waals surface area contributed by atoms with Crippen LogP contribution in [-0.2, 0) is 28.6 Å². The Hall–Kier alpha value is -2.15. The molecule has 340 valence electrons. The van der Waals surface area contributed by atoms with Gasteiger partial charge in [-0.05, 0) is 129 Å². The molecule has 0 atom stereocenters. The van der Waals surface area contributed by atoms with Crippen LogP contribution in [0.4, 0.5) is 0 Å². The van der Waals surface area contributed by atoms with Crippen LogP contribution in [0.5, 0.6) is 0 Å². The largest absolute Gasteiger partial charge is 0.465 e. The molecule has 0 fully saturated rings. The van der Waals surface area contributed by atoms with E-state index in [2.05, 4.69) is 71.0 Å². The molecule has 58 heavy (non-hydrogen) atoms. The van der Waals surface area contributed by atoms with Gasteiger partial charge in [-0.1, -0.05) is 142 Å². The van der Waals surface area contributed by atoms with Crippen molar-refractivity contribution in [1.29, 1.82) is 0 Å². The highest BCUT2D eigenvalue weighted by molar-refractivity contribution is 5.70. The number of unbranched alkanes of at least 4 members (excludes halogenated alkanes) is 22. The first kappa shape index (κ1) is 55.9. The molecule has 0 unspecified atom stereocenters. The first-order chi connectivity index (χ1) is 28.1. The number of esters is 3. The first-order valence-electron chi connectivity index (χ1n) is 24.6. The van der Waals surface area contributed by atoms with Gasteiger partial charge in [0.1, 0.15) is 6.10 Å². The number of allylic oxidation sites excluding steroid dienone is 4. The highest BCUT2D eigenvalue weighted by Crippen LogP contribution is 2.19. The molecule has 0 aromatic carbocycles. The molecule has 0 aliphatic heterocycles. The average Bonchev–Trinajstić information content (AvgIpc) is 3.18. The molecule has 0 saturated heterocycles. The van der Waals surface area contributed by atoms with Gasteiger partial charge in [0.25, 0.3) is 0 Å². The summed E-state index contributed by atoms with van der Waals surface area (Å²) >= 11 is 0. The third-order valence-electron chi connectivity index (χ3n) is 10.6. The summed E-state index contributed by atoms with van der Waals surface area (Å²) in [5, 5.41) is 0. The Morgan fingerprint density at radius 1 is 0.414 bits per heavy atom. The lowest BCUT2D eigenvalue weighted by molar-refractivity contribution is -0.150. The lowest BCUT2D eigenvalue weighted by atomic mass is 10.0. The van der Waals surface area contributed by atoms with Crippen LogP contribution in [0.15, 0.2) is 24.3 Å². The van der Waals surface area contributed by atoms with Crippen molar-refractivity contribution in [2.24, 2.45) is 11.8 Å². The van der Waals surface area contributed by atoms with Gasteiger partial charge in [0.15, 0.2) is 0 Å². The molecule has 0 bridgehead atoms. The topological polar surface area (TPSA) is 82.1 Å². The van der Waals surface area contributed by atoms with Crippen LogP contribution in [0.1, 0.15) is 233 Å². The van der Waals surface area contributed by atoms with Crippen molar-refractivity contribution in [2.75, 3.05) is 33.9 Å². The van der Waals surface area contributed by atoms with Crippen LogP contribution in [0.25, 0.3) is 0 Å². The van der Waals surface area contributed by atoms with Crippen LogP contribution < -0.4 is 0 Å². The molecule has 7 heteroatoms. The maximum atomic E-state index is 12.6. The monoisotopic (exact) mass is 818 g/mol. The van der Waals surface area contributed by atoms with Crippen LogP contribution >= 0.6 is 0 Å². The summed E-state index contributed by atoms with van der Waals surface area (Å²) < 4.78 is 16.5. The van der Waals surface area contributed by atoms with Crippen molar-refractivity contribution in [3.8, 4) is 0 Å². The summed E-state index contributed by atoms with van der Waals surface area (Å²) in [6.45, 7) is 10.3. The number of carbonyl (C=O) groups is 3. The highest BCUT2D eigenvalue weighted by atomic mass is 16.5. The molecule has 0 aliphatic rings. The Kier molecular flexibility index (Phi) is 41.4. The van der Waals surface area contributed by atoms with Crippen molar-refractivity contribution < 1.29 is 28.6 Å². The number of hydrogen-bond acceptors (Lipinski definition) is 7. The summed E-state index contributed by atoms with van der Waals surface area (Å²) in [5.41, 5.74) is 0. The number of hydrogen-bond donors (Lipinski definition) is 0. The Labute approximate surface area is 359 Å². The van der Waals surface area contributed by atoms with E-state index in [9.17, 15) is 14.4 Å². The first-order valence-corrected chi connectivity index (χ1v) is 24.6. The number of carbonyl (C=O) groups excluding carboxylic acids is 3. The van der Waals surface area contributed by atoms with E-state index in [0.29, 0.717) is 44.3 Å². The van der Waals surface area contributed by atoms with Crippen molar-refractivity contribution >= 4 is 17.9 Å². The van der Waals surface area contributed by atoms with E-state index in [4.69, 9.17) is 14.2 Å². The molecule has 0 saturated carbocycles. The minimum atomic E-state index is -0.0426. The highest BCUT2D eigenvalue weighted by Gasteiger charge is 2.14. The van der Waals surface area contributed by atoms with Gasteiger partial charge in [0, 0.05) is 19.3 Å². The van der Waals surface area contributed by atoms with E-state index in [1.165, 1.54) is 128 Å². The molecular formula is C51H95NO6. The average molecular weight is 818 g/mol. The molecule has 0 rings (SSSR count). The summed E-state index contributed by atoms with van der Waals surface area (Å²) in [6.07, 6.45) is 45.3. The van der Waals surface area contributed by atoms with Crippen molar-refractivity contribution in [2.45, 2.75) is 239 Å². The Morgan fingerprint density at radius 3 is 1.07 bits per heavy atom. The zero-order valence-corrected chi connectivity index (χ0v) is 39.2. The van der Waals surface area contributed by atoms with Gasteiger partial charge in [-0.3, -0.25) is 14.4 Å². The lowest BCUT2D eigenvalue weighted by Gasteiger charge is -2.18. The SMILES string of the molecule is CC(C)COC(=O)CCCCCCCC=CCCCCCCCCC(CCCCCCCCC=CCCCCCCCC(=O)OCC(C)C)OC(=O)CCCN(C)C. The minimum Gasteiger partial charge on any atom is -0.465 e. The van der Waals surface area contributed by atoms with Crippen LogP contribution in [-0.4, -0.2) is 62.8 Å². The Bertz CT molecular complexity index is 925. The molecule has 0 amide bonds. The molecule has 0 heterocycles. The molecule has 7 nitrogen and oxygen atoms in total. The third kappa shape index (κ3) is 44.9. The maximum absolute atomic E-state index is 12.6. The quantitative estimate of drug-likeness (QED) is 0.0262. The van der Waals surface area contributed by atoms with Crippen LogP contribution in [0, 0.1) is 11.8 Å². The second-order valence-electron chi connectivity index (χ2n) is 18.1. The van der Waals surface area contributed by atoms with E-state index in [0.717, 1.165) is 64.3 Å². The zero-order valence-electron chi connectivity index (χ0n) is 39.2. The van der Waals surface area contributed by atoms with Gasteiger partial charge in [-0.2, -0.15) is 0 Å². The summed E-state index contributed by atoms with van der Waals surface area (Å²) in [4.78, 5) is 38.1. The fourth-order valence-electron chi connectivity index (χ4n) is 6.99. The van der Waals surface area contributed by atoms with E-state index in [1.54, 1.807) is 0 Å². The van der Waals surface area contributed by atoms with Gasteiger partial charge in [0.05, 0.1) is 13.2 Å². The second-order valence-corrected chi connectivity index (χ2v) is 18.1. The van der Waals surface area contributed by atoms with Crippen molar-refractivity contribution in [3.05, 3.63) is 24.3 Å². The van der Waals surface area contributed by atoms with Gasteiger partial charge in [-0.15, -0.1) is 0 Å². The fraction of sp³-hybridized carbons (Fsp3) is 0.863. The smallest absolute Gasteiger partial charge is 0.306 e. The molecular weight excluding hydrogens is 723 g/mol. The van der Waals surface area contributed by atoms with Gasteiger partial charge >= 0.3 is 17.9 Å². The predicted molar refractivity (Wildman–Crippen MR) is 246 cm³/mol. The van der Waals surface area contributed by atoms with Gasteiger partial charge in [-0.25, -0.2) is 0 Å². The Balaban J connectivity index is 3.92. The Morgan fingerprint density at radius 2 is 0.724 bits per heavy atom. The molecule has 0 aliphatic carbocycles. The van der Waals surface area contributed by atoms with Gasteiger partial charge in [0.2, 0.25) is 0 Å². The predicted octanol–water partition coefficient (Wildman–Crippen LogP) is 14.5. The zero-order chi connectivity index (χ0) is 42.7. The summed E-state index contributed by atoms with van der Waals surface area (Å²) in [7, 11) is 4.10. The summed E-state index contributed by atoms with van der Waals surface area (Å²) in [5.74, 6) is 0.717. The molecule has 0 aromatic rings. The van der Waals surface area contributed by atoms with E-state index >= 15 is 0 Å². The van der Waals surface area contributed by atoms with E-state index in [-0.39, 0.29) is 24.0 Å². The van der Waals surface area contributed by atoms with E-state index < -0.39 is 0 Å². The van der Waals surface area contributed by atoms with Crippen molar-refractivity contribution in [3.63, 3.8) is 0 Å². The molecule has 0 aromatic heterocycles. The van der Waals surface area contributed by atoms with Crippen LogP contribution in [0.2, 0.25) is 0 Å². The van der Waals surface area contributed by atoms with Gasteiger partial charge < -0.3 is 19.1 Å². The lowest BCUT2D eigenvalue weighted by Crippen LogP contribution is -2.20. The fourth-order valence-corrected chi connectivity index (χ4v) is 6.99. The minimum absolute atomic E-state index is 0.0137.